The Morgan fingerprint density at radius 1 is 1.31 bits per heavy atom. The lowest BCUT2D eigenvalue weighted by Gasteiger charge is -2.14. The first-order chi connectivity index (χ1) is 7.52. The Morgan fingerprint density at radius 3 is 2.56 bits per heavy atom. The molecule has 0 bridgehead atoms. The van der Waals surface area contributed by atoms with Gasteiger partial charge in [0, 0.05) is 12.1 Å². The second-order valence-electron chi connectivity index (χ2n) is 4.92. The zero-order valence-electron chi connectivity index (χ0n) is 10.8. The van der Waals surface area contributed by atoms with Crippen molar-refractivity contribution in [2.75, 3.05) is 14.1 Å². The van der Waals surface area contributed by atoms with E-state index in [0.29, 0.717) is 11.7 Å². The lowest BCUT2D eigenvalue weighted by Crippen LogP contribution is -2.11. The Hall–Kier alpha value is -1.02. The van der Waals surface area contributed by atoms with Gasteiger partial charge < -0.3 is 10.0 Å². The fourth-order valence-electron chi connectivity index (χ4n) is 1.78. The molecular formula is C14H23NO. The Labute approximate surface area is 98.9 Å². The average Bonchev–Trinajstić information content (AvgIpc) is 2.22. The molecule has 16 heavy (non-hydrogen) atoms. The van der Waals surface area contributed by atoms with Crippen molar-refractivity contribution >= 4 is 0 Å². The van der Waals surface area contributed by atoms with E-state index < -0.39 is 0 Å². The van der Waals surface area contributed by atoms with E-state index in [1.165, 1.54) is 12.0 Å². The van der Waals surface area contributed by atoms with Crippen LogP contribution in [0.15, 0.2) is 18.2 Å². The van der Waals surface area contributed by atoms with Crippen LogP contribution in [0.2, 0.25) is 0 Å². The van der Waals surface area contributed by atoms with Crippen LogP contribution in [0, 0.1) is 5.92 Å². The summed E-state index contributed by atoms with van der Waals surface area (Å²) >= 11 is 0. The number of hydrogen-bond acceptors (Lipinski definition) is 2. The quantitative estimate of drug-likeness (QED) is 0.826. The molecule has 0 radical (unpaired) electrons. The zero-order valence-corrected chi connectivity index (χ0v) is 10.8. The predicted molar refractivity (Wildman–Crippen MR) is 68.7 cm³/mol. The van der Waals surface area contributed by atoms with Crippen molar-refractivity contribution in [2.45, 2.75) is 33.2 Å². The minimum atomic E-state index is 0.404. The van der Waals surface area contributed by atoms with E-state index in [1.54, 1.807) is 0 Å². The van der Waals surface area contributed by atoms with Crippen LogP contribution in [-0.2, 0) is 13.0 Å². The summed E-state index contributed by atoms with van der Waals surface area (Å²) in [5, 5.41) is 9.75. The fraction of sp³-hybridized carbons (Fsp3) is 0.571. The van der Waals surface area contributed by atoms with Crippen LogP contribution in [0.1, 0.15) is 31.4 Å². The van der Waals surface area contributed by atoms with Crippen molar-refractivity contribution in [3.8, 4) is 5.75 Å². The molecule has 1 aromatic rings. The van der Waals surface area contributed by atoms with Gasteiger partial charge in [-0.2, -0.15) is 0 Å². The highest BCUT2D eigenvalue weighted by Crippen LogP contribution is 2.21. The van der Waals surface area contributed by atoms with Gasteiger partial charge in [-0.25, -0.2) is 0 Å². The molecule has 0 spiro atoms. The minimum Gasteiger partial charge on any atom is -0.508 e. The second kappa shape index (κ2) is 5.90. The third-order valence-corrected chi connectivity index (χ3v) is 2.91. The Morgan fingerprint density at radius 2 is 2.00 bits per heavy atom. The van der Waals surface area contributed by atoms with Gasteiger partial charge in [-0.3, -0.25) is 0 Å². The summed E-state index contributed by atoms with van der Waals surface area (Å²) in [5.41, 5.74) is 2.34. The zero-order chi connectivity index (χ0) is 12.1. The number of phenols is 1. The van der Waals surface area contributed by atoms with E-state index in [0.717, 1.165) is 18.5 Å². The predicted octanol–water partition coefficient (Wildman–Crippen LogP) is 3.04. The first-order valence-electron chi connectivity index (χ1n) is 5.98. The molecule has 0 fully saturated rings. The monoisotopic (exact) mass is 221 g/mol. The molecule has 0 aromatic heterocycles. The van der Waals surface area contributed by atoms with E-state index in [2.05, 4.69) is 24.8 Å². The van der Waals surface area contributed by atoms with Crippen LogP contribution in [0.5, 0.6) is 5.75 Å². The van der Waals surface area contributed by atoms with Crippen LogP contribution in [0.4, 0.5) is 0 Å². The summed E-state index contributed by atoms with van der Waals surface area (Å²) in [4.78, 5) is 2.07. The maximum Gasteiger partial charge on any atom is 0.120 e. The molecule has 1 N–H and O–H groups in total. The van der Waals surface area contributed by atoms with E-state index in [1.807, 2.05) is 26.2 Å². The first-order valence-corrected chi connectivity index (χ1v) is 5.98. The normalized spacial score (nSPS) is 13.1. The number of hydrogen-bond donors (Lipinski definition) is 1. The van der Waals surface area contributed by atoms with E-state index >= 15 is 0 Å². The van der Waals surface area contributed by atoms with E-state index in [-0.39, 0.29) is 0 Å². The molecule has 0 aliphatic rings. The number of rotatable bonds is 5. The third kappa shape index (κ3) is 3.86. The molecule has 1 aromatic carbocycles. The van der Waals surface area contributed by atoms with Crippen molar-refractivity contribution in [1.82, 2.24) is 4.90 Å². The summed E-state index contributed by atoms with van der Waals surface area (Å²) in [5.74, 6) is 1.11. The number of nitrogens with zero attached hydrogens (tertiary/aromatic N) is 1. The van der Waals surface area contributed by atoms with E-state index in [9.17, 15) is 5.11 Å². The summed E-state index contributed by atoms with van der Waals surface area (Å²) < 4.78 is 0. The lowest BCUT2D eigenvalue weighted by molar-refractivity contribution is 0.385. The molecule has 0 heterocycles. The molecule has 1 rings (SSSR count). The number of benzene rings is 1. The molecule has 2 heteroatoms. The maximum absolute atomic E-state index is 9.75. The van der Waals surface area contributed by atoms with E-state index in [4.69, 9.17) is 0 Å². The van der Waals surface area contributed by atoms with Crippen LogP contribution in [0.3, 0.4) is 0 Å². The largest absolute Gasteiger partial charge is 0.508 e. The minimum absolute atomic E-state index is 0.404. The maximum atomic E-state index is 9.75. The van der Waals surface area contributed by atoms with Crippen LogP contribution in [0.25, 0.3) is 0 Å². The molecule has 0 aliphatic heterocycles. The Kier molecular flexibility index (Phi) is 4.81. The molecular weight excluding hydrogens is 198 g/mol. The average molecular weight is 221 g/mol. The van der Waals surface area contributed by atoms with Gasteiger partial charge in [-0.15, -0.1) is 0 Å². The van der Waals surface area contributed by atoms with Crippen molar-refractivity contribution in [1.29, 1.82) is 0 Å². The van der Waals surface area contributed by atoms with Crippen molar-refractivity contribution in [3.63, 3.8) is 0 Å². The highest BCUT2D eigenvalue weighted by Gasteiger charge is 2.06. The molecule has 1 unspecified atom stereocenters. The van der Waals surface area contributed by atoms with Crippen LogP contribution >= 0.6 is 0 Å². The first kappa shape index (κ1) is 13.0. The topological polar surface area (TPSA) is 23.5 Å². The van der Waals surface area contributed by atoms with Gasteiger partial charge in [0.15, 0.2) is 0 Å². The molecule has 0 aliphatic carbocycles. The van der Waals surface area contributed by atoms with Crippen molar-refractivity contribution in [2.24, 2.45) is 5.92 Å². The molecule has 0 saturated heterocycles. The van der Waals surface area contributed by atoms with Crippen LogP contribution < -0.4 is 0 Å². The third-order valence-electron chi connectivity index (χ3n) is 2.91. The highest BCUT2D eigenvalue weighted by molar-refractivity contribution is 5.36. The number of phenolic OH excluding ortho intramolecular Hbond substituents is 1. The molecule has 0 saturated carbocycles. The smallest absolute Gasteiger partial charge is 0.120 e. The summed E-state index contributed by atoms with van der Waals surface area (Å²) in [6.45, 7) is 5.27. The summed E-state index contributed by atoms with van der Waals surface area (Å²) in [7, 11) is 4.03. The second-order valence-corrected chi connectivity index (χ2v) is 4.92. The van der Waals surface area contributed by atoms with Gasteiger partial charge in [-0.1, -0.05) is 32.4 Å². The van der Waals surface area contributed by atoms with Gasteiger partial charge in [0.1, 0.15) is 5.75 Å². The standard InChI is InChI=1S/C14H23NO/c1-5-11(2)8-12-6-7-14(16)13(9-12)10-15(3)4/h6-7,9,11,16H,5,8,10H2,1-4H3. The van der Waals surface area contributed by atoms with Crippen molar-refractivity contribution < 1.29 is 5.11 Å². The van der Waals surface area contributed by atoms with Gasteiger partial charge in [0.05, 0.1) is 0 Å². The van der Waals surface area contributed by atoms with Gasteiger partial charge in [-0.05, 0) is 38.1 Å². The Bertz CT molecular complexity index is 334. The van der Waals surface area contributed by atoms with Gasteiger partial charge >= 0.3 is 0 Å². The molecule has 2 nitrogen and oxygen atoms in total. The van der Waals surface area contributed by atoms with Gasteiger partial charge in [0.2, 0.25) is 0 Å². The van der Waals surface area contributed by atoms with Crippen LogP contribution in [-0.4, -0.2) is 24.1 Å². The molecule has 0 amide bonds. The van der Waals surface area contributed by atoms with Gasteiger partial charge in [0.25, 0.3) is 0 Å². The summed E-state index contributed by atoms with van der Waals surface area (Å²) in [6.07, 6.45) is 2.29. The lowest BCUT2D eigenvalue weighted by atomic mass is 9.97. The summed E-state index contributed by atoms with van der Waals surface area (Å²) in [6, 6.07) is 5.97. The Balaban J connectivity index is 2.80. The molecule has 1 atom stereocenters. The number of aromatic hydroxyl groups is 1. The SMILES string of the molecule is CCC(C)Cc1ccc(O)c(CN(C)C)c1. The molecule has 90 valence electrons. The fourth-order valence-corrected chi connectivity index (χ4v) is 1.78. The highest BCUT2D eigenvalue weighted by atomic mass is 16.3. The van der Waals surface area contributed by atoms with Crippen molar-refractivity contribution in [3.05, 3.63) is 29.3 Å².